The first-order valence-electron chi connectivity index (χ1n) is 0.644. The second kappa shape index (κ2) is 9.04. The Balaban J connectivity index is 0. The van der Waals surface area contributed by atoms with Crippen LogP contribution in [0.4, 0.5) is 0 Å². The molecule has 0 atom stereocenters. The van der Waals surface area contributed by atoms with Crippen molar-refractivity contribution in [3.63, 3.8) is 0 Å². The fraction of sp³-hybridized carbons (Fsp3) is 0. The summed E-state index contributed by atoms with van der Waals surface area (Å²) in [5.41, 5.74) is 0. The average molecular weight is 124 g/mol. The molecule has 0 bridgehead atoms. The molecule has 5 heavy (non-hydrogen) atoms. The van der Waals surface area contributed by atoms with Crippen LogP contribution in [0.3, 0.4) is 0 Å². The zero-order valence-electron chi connectivity index (χ0n) is 2.20. The Morgan fingerprint density at radius 2 is 2.00 bits per heavy atom. The molecule has 34 valence electrons. The zero-order chi connectivity index (χ0) is 3.41. The third kappa shape index (κ3) is 16.6. The van der Waals surface area contributed by atoms with E-state index in [0.29, 0.717) is 0 Å². The molecule has 4 heteroatoms. The maximum absolute atomic E-state index is 8.70. The van der Waals surface area contributed by atoms with Gasteiger partial charge in [-0.1, -0.05) is 0 Å². The Kier molecular flexibility index (Phi) is 16.0. The predicted octanol–water partition coefficient (Wildman–Crippen LogP) is -1.06. The van der Waals surface area contributed by atoms with Crippen LogP contribution >= 0.6 is 0 Å². The normalized spacial score (nSPS) is 4.20. The molecule has 2 N–H and O–H groups in total. The fourth-order valence-electron chi connectivity index (χ4n) is 0. The molecule has 0 rings (SSSR count). The molecule has 0 unspecified atom stereocenters. The molecule has 0 aromatic carbocycles. The molecular formula is CH2CuNO2. The van der Waals surface area contributed by atoms with Crippen molar-refractivity contribution in [2.24, 2.45) is 5.90 Å². The quantitative estimate of drug-likeness (QED) is 0.275. The number of nitrogens with two attached hydrogens (primary N) is 1. The molecular weight excluding hydrogens is 122 g/mol. The molecule has 0 aliphatic heterocycles. The summed E-state index contributed by atoms with van der Waals surface area (Å²) in [5.74, 6) is 4.10. The van der Waals surface area contributed by atoms with Gasteiger partial charge in [0.1, 0.15) is 0 Å². The van der Waals surface area contributed by atoms with Crippen molar-refractivity contribution < 1.29 is 26.7 Å². The topological polar surface area (TPSA) is 52.3 Å². The summed E-state index contributed by atoms with van der Waals surface area (Å²) in [6.45, 7) is 0.958. The van der Waals surface area contributed by atoms with Crippen LogP contribution in [0.25, 0.3) is 0 Å². The van der Waals surface area contributed by atoms with Crippen molar-refractivity contribution >= 4 is 6.47 Å². The van der Waals surface area contributed by atoms with E-state index in [4.69, 9.17) is 4.79 Å². The largest absolute Gasteiger partial charge is 1.00 e. The smallest absolute Gasteiger partial charge is 0.574 e. The van der Waals surface area contributed by atoms with Gasteiger partial charge in [0.15, 0.2) is 0 Å². The molecule has 3 nitrogen and oxygen atoms in total. The van der Waals surface area contributed by atoms with Crippen molar-refractivity contribution in [1.29, 1.82) is 0 Å². The van der Waals surface area contributed by atoms with Gasteiger partial charge in [-0.05, 0) is 6.47 Å². The number of carbonyl (C=O) groups excluding carboxylic acids is 1. The molecule has 0 amide bonds. The van der Waals surface area contributed by atoms with Crippen LogP contribution in [0.2, 0.25) is 0 Å². The van der Waals surface area contributed by atoms with Gasteiger partial charge in [0.25, 0.3) is 0 Å². The van der Waals surface area contributed by atoms with Crippen LogP contribution < -0.4 is 5.90 Å². The van der Waals surface area contributed by atoms with Gasteiger partial charge in [0.05, 0.1) is 0 Å². The van der Waals surface area contributed by atoms with E-state index in [1.54, 1.807) is 0 Å². The van der Waals surface area contributed by atoms with E-state index in [0.717, 1.165) is 6.47 Å². The third-order valence-electron chi connectivity index (χ3n) is 0.0481. The van der Waals surface area contributed by atoms with Crippen molar-refractivity contribution in [1.82, 2.24) is 0 Å². The summed E-state index contributed by atoms with van der Waals surface area (Å²) in [5, 5.41) is 0. The summed E-state index contributed by atoms with van der Waals surface area (Å²) in [6.07, 6.45) is 0. The van der Waals surface area contributed by atoms with Crippen molar-refractivity contribution in [3.05, 3.63) is 0 Å². The van der Waals surface area contributed by atoms with Gasteiger partial charge in [-0.15, -0.1) is 0 Å². The molecule has 0 saturated carbocycles. The fourth-order valence-corrected chi connectivity index (χ4v) is 0. The SMILES string of the molecule is NO[C-]=O.[Cu+]. The van der Waals surface area contributed by atoms with Crippen molar-refractivity contribution in [3.8, 4) is 0 Å². The second-order valence-electron chi connectivity index (χ2n) is 0.201. The minimum atomic E-state index is 0. The first kappa shape index (κ1) is 8.87. The average Bonchev–Trinajstić information content (AvgIpc) is 1.37. The minimum Gasteiger partial charge on any atom is -0.574 e. The molecule has 0 aromatic heterocycles. The van der Waals surface area contributed by atoms with Crippen LogP contribution in [0.1, 0.15) is 0 Å². The summed E-state index contributed by atoms with van der Waals surface area (Å²) in [7, 11) is 0. The van der Waals surface area contributed by atoms with Crippen molar-refractivity contribution in [2.75, 3.05) is 0 Å². The van der Waals surface area contributed by atoms with E-state index in [2.05, 4.69) is 10.7 Å². The molecule has 0 fully saturated rings. The van der Waals surface area contributed by atoms with Gasteiger partial charge in [-0.2, -0.15) is 0 Å². The van der Waals surface area contributed by atoms with E-state index in [9.17, 15) is 0 Å². The maximum Gasteiger partial charge on any atom is 1.00 e. The predicted molar refractivity (Wildman–Crippen MR) is 11.0 cm³/mol. The van der Waals surface area contributed by atoms with Gasteiger partial charge in [0.2, 0.25) is 0 Å². The summed E-state index contributed by atoms with van der Waals surface area (Å²) < 4.78 is 0. The van der Waals surface area contributed by atoms with E-state index in [1.807, 2.05) is 0 Å². The molecule has 0 radical (unpaired) electrons. The van der Waals surface area contributed by atoms with E-state index in [-0.39, 0.29) is 17.1 Å². The van der Waals surface area contributed by atoms with Crippen LogP contribution in [0.15, 0.2) is 0 Å². The molecule has 0 aromatic rings. The number of rotatable bonds is 1. The van der Waals surface area contributed by atoms with Gasteiger partial charge < -0.3 is 9.63 Å². The Bertz CT molecular complexity index is 23.6. The molecule has 0 spiro atoms. The van der Waals surface area contributed by atoms with Gasteiger partial charge in [0, 0.05) is 0 Å². The van der Waals surface area contributed by atoms with Crippen LogP contribution in [0, 0.1) is 0 Å². The van der Waals surface area contributed by atoms with E-state index >= 15 is 0 Å². The van der Waals surface area contributed by atoms with Gasteiger partial charge in [-0.25, -0.2) is 5.90 Å². The monoisotopic (exact) mass is 123 g/mol. The number of hydrogen-bond donors (Lipinski definition) is 1. The van der Waals surface area contributed by atoms with E-state index in [1.165, 1.54) is 0 Å². The van der Waals surface area contributed by atoms with Crippen molar-refractivity contribution in [2.45, 2.75) is 0 Å². The Morgan fingerprint density at radius 1 is 1.80 bits per heavy atom. The Morgan fingerprint density at radius 3 is 2.00 bits per heavy atom. The third-order valence-corrected chi connectivity index (χ3v) is 0.0481. The van der Waals surface area contributed by atoms with Gasteiger partial charge in [-0.3, -0.25) is 0 Å². The first-order chi connectivity index (χ1) is 1.91. The van der Waals surface area contributed by atoms with Crippen LogP contribution in [-0.2, 0) is 26.7 Å². The van der Waals surface area contributed by atoms with Crippen LogP contribution in [0.5, 0.6) is 0 Å². The minimum absolute atomic E-state index is 0. The van der Waals surface area contributed by atoms with E-state index < -0.39 is 0 Å². The zero-order valence-corrected chi connectivity index (χ0v) is 3.14. The number of hydrogen-bond acceptors (Lipinski definition) is 3. The van der Waals surface area contributed by atoms with Gasteiger partial charge >= 0.3 is 17.1 Å². The second-order valence-corrected chi connectivity index (χ2v) is 0.201. The molecule has 0 aliphatic carbocycles. The standard InChI is InChI=1S/CH2NO2.Cu/c2-4-1-3;/h2H2;/q-1;+1. The maximum atomic E-state index is 8.70. The Labute approximate surface area is 39.9 Å². The Hall–Kier alpha value is -0.0505. The summed E-state index contributed by atoms with van der Waals surface area (Å²) in [4.78, 5) is 11.9. The molecule has 0 aliphatic rings. The molecule has 0 saturated heterocycles. The molecule has 0 heterocycles. The summed E-state index contributed by atoms with van der Waals surface area (Å²) >= 11 is 0. The summed E-state index contributed by atoms with van der Waals surface area (Å²) in [6, 6.07) is 0. The van der Waals surface area contributed by atoms with Crippen LogP contribution in [-0.4, -0.2) is 6.47 Å². The first-order valence-corrected chi connectivity index (χ1v) is 0.644.